The largest absolute Gasteiger partial charge is 0.497 e. The van der Waals surface area contributed by atoms with Crippen LogP contribution < -0.4 is 20.5 Å². The van der Waals surface area contributed by atoms with Gasteiger partial charge in [0.05, 0.1) is 13.7 Å². The van der Waals surface area contributed by atoms with Gasteiger partial charge in [-0.2, -0.15) is 0 Å². The Morgan fingerprint density at radius 2 is 1.92 bits per heavy atom. The van der Waals surface area contributed by atoms with Crippen molar-refractivity contribution in [2.75, 3.05) is 13.7 Å². The quantitative estimate of drug-likeness (QED) is 0.685. The van der Waals surface area contributed by atoms with Gasteiger partial charge in [-0.25, -0.2) is 9.48 Å². The smallest absolute Gasteiger partial charge is 0.350 e. The molecule has 0 aliphatic heterocycles. The van der Waals surface area contributed by atoms with Crippen molar-refractivity contribution < 1.29 is 14.3 Å². The summed E-state index contributed by atoms with van der Waals surface area (Å²) in [5.74, 6) is 1.13. The van der Waals surface area contributed by atoms with E-state index in [1.807, 2.05) is 6.92 Å². The van der Waals surface area contributed by atoms with E-state index in [1.165, 1.54) is 4.40 Å². The lowest BCUT2D eigenvalue weighted by atomic mass is 10.3. The molecule has 136 valence electrons. The van der Waals surface area contributed by atoms with E-state index in [0.717, 1.165) is 10.4 Å². The monoisotopic (exact) mass is 356 g/mol. The lowest BCUT2D eigenvalue weighted by molar-refractivity contribution is -0.122. The first-order chi connectivity index (χ1) is 12.6. The van der Waals surface area contributed by atoms with Gasteiger partial charge < -0.3 is 14.8 Å². The minimum absolute atomic E-state index is 0.143. The fourth-order valence-corrected chi connectivity index (χ4v) is 2.45. The Kier molecular flexibility index (Phi) is 5.21. The van der Waals surface area contributed by atoms with Crippen molar-refractivity contribution in [3.05, 3.63) is 59.1 Å². The molecule has 0 aliphatic carbocycles. The summed E-state index contributed by atoms with van der Waals surface area (Å²) in [5.41, 5.74) is 0.153. The molecule has 8 heteroatoms. The Labute approximate surface area is 150 Å². The van der Waals surface area contributed by atoms with Gasteiger partial charge in [0.1, 0.15) is 24.1 Å². The van der Waals surface area contributed by atoms with Crippen LogP contribution in [-0.2, 0) is 11.3 Å². The molecule has 1 aromatic carbocycles. The van der Waals surface area contributed by atoms with Crippen molar-refractivity contribution in [1.82, 2.24) is 19.5 Å². The van der Waals surface area contributed by atoms with Crippen LogP contribution in [0, 0.1) is 0 Å². The highest BCUT2D eigenvalue weighted by molar-refractivity contribution is 5.75. The van der Waals surface area contributed by atoms with E-state index in [-0.39, 0.29) is 24.2 Å². The number of benzene rings is 1. The van der Waals surface area contributed by atoms with E-state index in [9.17, 15) is 9.59 Å². The van der Waals surface area contributed by atoms with E-state index < -0.39 is 0 Å². The molecule has 1 atom stereocenters. The molecule has 2 heterocycles. The first kappa shape index (κ1) is 17.5. The van der Waals surface area contributed by atoms with Crippen LogP contribution in [0.25, 0.3) is 5.65 Å². The predicted molar refractivity (Wildman–Crippen MR) is 95.5 cm³/mol. The first-order valence-corrected chi connectivity index (χ1v) is 8.18. The number of hydrogen-bond acceptors (Lipinski definition) is 5. The highest BCUT2D eigenvalue weighted by atomic mass is 16.5. The molecule has 26 heavy (non-hydrogen) atoms. The van der Waals surface area contributed by atoms with Crippen molar-refractivity contribution in [2.45, 2.75) is 19.6 Å². The molecule has 0 spiro atoms. The molecule has 0 saturated carbocycles. The number of hydrogen-bond donors (Lipinski definition) is 1. The number of nitrogens with zero attached hydrogens (tertiary/aromatic N) is 3. The number of rotatable bonds is 7. The minimum atomic E-state index is -0.349. The topological polar surface area (TPSA) is 86.9 Å². The number of carbonyl (C=O) groups is 1. The normalized spacial score (nSPS) is 11.9. The number of aromatic nitrogens is 3. The zero-order valence-corrected chi connectivity index (χ0v) is 14.6. The summed E-state index contributed by atoms with van der Waals surface area (Å²) in [6, 6.07) is 12.4. The van der Waals surface area contributed by atoms with Gasteiger partial charge in [-0.1, -0.05) is 6.07 Å². The molecular formula is C18H20N4O4. The molecule has 1 N–H and O–H groups in total. The maximum Gasteiger partial charge on any atom is 0.350 e. The van der Waals surface area contributed by atoms with Crippen LogP contribution in [0.4, 0.5) is 0 Å². The Morgan fingerprint density at radius 1 is 1.19 bits per heavy atom. The molecule has 3 aromatic rings. The molecule has 0 saturated heterocycles. The third-order valence-electron chi connectivity index (χ3n) is 3.77. The predicted octanol–water partition coefficient (Wildman–Crippen LogP) is 1.09. The molecule has 2 aromatic heterocycles. The third kappa shape index (κ3) is 4.02. The van der Waals surface area contributed by atoms with E-state index in [1.54, 1.807) is 55.8 Å². The summed E-state index contributed by atoms with van der Waals surface area (Å²) in [6.07, 6.45) is 1.38. The number of carbonyl (C=O) groups excluding carboxylic acids is 1. The van der Waals surface area contributed by atoms with Crippen LogP contribution in [0.15, 0.2) is 53.5 Å². The van der Waals surface area contributed by atoms with Gasteiger partial charge in [-0.15, -0.1) is 5.10 Å². The number of methoxy groups -OCH3 is 1. The van der Waals surface area contributed by atoms with Crippen LogP contribution in [0.2, 0.25) is 0 Å². The number of ether oxygens (including phenoxy) is 2. The molecule has 3 rings (SSSR count). The Morgan fingerprint density at radius 3 is 2.62 bits per heavy atom. The lowest BCUT2D eigenvalue weighted by Crippen LogP contribution is -2.37. The van der Waals surface area contributed by atoms with Gasteiger partial charge in [0.15, 0.2) is 5.65 Å². The standard InChI is InChI=1S/C18H20N4O4/c1-13(26-15-8-6-14(25-2)7-9-15)11-19-17(23)12-22-18(24)21-10-4-3-5-16(21)20-22/h3-10,13H,11-12H2,1-2H3,(H,19,23). The molecule has 0 aliphatic rings. The summed E-state index contributed by atoms with van der Waals surface area (Å²) in [4.78, 5) is 24.2. The van der Waals surface area contributed by atoms with E-state index >= 15 is 0 Å². The van der Waals surface area contributed by atoms with Crippen LogP contribution in [-0.4, -0.2) is 39.8 Å². The summed E-state index contributed by atoms with van der Waals surface area (Å²) in [7, 11) is 1.60. The molecule has 0 bridgehead atoms. The lowest BCUT2D eigenvalue weighted by Gasteiger charge is -2.15. The molecule has 1 unspecified atom stereocenters. The van der Waals surface area contributed by atoms with Crippen molar-refractivity contribution in [3.8, 4) is 11.5 Å². The van der Waals surface area contributed by atoms with Gasteiger partial charge in [0.2, 0.25) is 5.91 Å². The van der Waals surface area contributed by atoms with Gasteiger partial charge in [-0.3, -0.25) is 9.20 Å². The van der Waals surface area contributed by atoms with Crippen LogP contribution in [0.3, 0.4) is 0 Å². The zero-order valence-electron chi connectivity index (χ0n) is 14.6. The van der Waals surface area contributed by atoms with Crippen LogP contribution >= 0.6 is 0 Å². The maximum absolute atomic E-state index is 12.1. The fourth-order valence-electron chi connectivity index (χ4n) is 2.45. The Hall–Kier alpha value is -3.29. The van der Waals surface area contributed by atoms with Crippen molar-refractivity contribution in [1.29, 1.82) is 0 Å². The van der Waals surface area contributed by atoms with Gasteiger partial charge in [0.25, 0.3) is 0 Å². The summed E-state index contributed by atoms with van der Waals surface area (Å²) in [6.45, 7) is 2.02. The minimum Gasteiger partial charge on any atom is -0.497 e. The second kappa shape index (κ2) is 7.73. The molecule has 1 amide bonds. The SMILES string of the molecule is COc1ccc(OC(C)CNC(=O)Cn2nc3ccccn3c2=O)cc1. The highest BCUT2D eigenvalue weighted by Gasteiger charge is 2.12. The zero-order chi connectivity index (χ0) is 18.5. The average Bonchev–Trinajstić information content (AvgIpc) is 2.96. The number of fused-ring (bicyclic) bond motifs is 1. The highest BCUT2D eigenvalue weighted by Crippen LogP contribution is 2.17. The average molecular weight is 356 g/mol. The van der Waals surface area contributed by atoms with Crippen molar-refractivity contribution in [3.63, 3.8) is 0 Å². The number of nitrogens with one attached hydrogen (secondary N) is 1. The van der Waals surface area contributed by atoms with Crippen LogP contribution in [0.1, 0.15) is 6.92 Å². The van der Waals surface area contributed by atoms with Gasteiger partial charge >= 0.3 is 5.69 Å². The maximum atomic E-state index is 12.1. The molecular weight excluding hydrogens is 336 g/mol. The van der Waals surface area contributed by atoms with Gasteiger partial charge in [-0.05, 0) is 43.3 Å². The Bertz CT molecular complexity index is 946. The summed E-state index contributed by atoms with van der Waals surface area (Å²) >= 11 is 0. The van der Waals surface area contributed by atoms with E-state index in [2.05, 4.69) is 10.4 Å². The molecule has 8 nitrogen and oxygen atoms in total. The fraction of sp³-hybridized carbons (Fsp3) is 0.278. The number of pyridine rings is 1. The van der Waals surface area contributed by atoms with E-state index in [4.69, 9.17) is 9.47 Å². The molecule has 0 radical (unpaired) electrons. The van der Waals surface area contributed by atoms with Gasteiger partial charge in [0, 0.05) is 6.20 Å². The van der Waals surface area contributed by atoms with Crippen molar-refractivity contribution >= 4 is 11.6 Å². The first-order valence-electron chi connectivity index (χ1n) is 8.18. The van der Waals surface area contributed by atoms with Crippen molar-refractivity contribution in [2.24, 2.45) is 0 Å². The summed E-state index contributed by atoms with van der Waals surface area (Å²) < 4.78 is 13.4. The Balaban J connectivity index is 1.52. The second-order valence-corrected chi connectivity index (χ2v) is 5.78. The second-order valence-electron chi connectivity index (χ2n) is 5.78. The third-order valence-corrected chi connectivity index (χ3v) is 3.77. The van der Waals surface area contributed by atoms with E-state index in [0.29, 0.717) is 17.9 Å². The number of amides is 1. The molecule has 0 fully saturated rings. The summed E-state index contributed by atoms with van der Waals surface area (Å²) in [5, 5.41) is 6.87. The van der Waals surface area contributed by atoms with Crippen LogP contribution in [0.5, 0.6) is 11.5 Å².